The largest absolute Gasteiger partial charge is 0.496 e. The molecule has 0 aliphatic carbocycles. The Morgan fingerprint density at radius 3 is 2.50 bits per heavy atom. The van der Waals surface area contributed by atoms with Gasteiger partial charge in [-0.2, -0.15) is 0 Å². The first-order valence-corrected chi connectivity index (χ1v) is 6.18. The molecule has 18 heavy (non-hydrogen) atoms. The summed E-state index contributed by atoms with van der Waals surface area (Å²) in [6.07, 6.45) is 0.836. The van der Waals surface area contributed by atoms with Gasteiger partial charge in [-0.25, -0.2) is 0 Å². The van der Waals surface area contributed by atoms with Gasteiger partial charge in [0.1, 0.15) is 5.75 Å². The average Bonchev–Trinajstić information content (AvgIpc) is 2.39. The minimum atomic E-state index is 0.633. The molecular formula is C16H19NO. The van der Waals surface area contributed by atoms with Gasteiger partial charge >= 0.3 is 0 Å². The lowest BCUT2D eigenvalue weighted by molar-refractivity contribution is 0.410. The van der Waals surface area contributed by atoms with Crippen LogP contribution in [-0.4, -0.2) is 13.7 Å². The van der Waals surface area contributed by atoms with Crippen LogP contribution in [-0.2, 0) is 6.42 Å². The van der Waals surface area contributed by atoms with Gasteiger partial charge in [0.15, 0.2) is 0 Å². The highest BCUT2D eigenvalue weighted by Gasteiger charge is 2.05. The summed E-state index contributed by atoms with van der Waals surface area (Å²) in [6.45, 7) is 2.74. The van der Waals surface area contributed by atoms with Crippen molar-refractivity contribution in [2.45, 2.75) is 13.3 Å². The molecular weight excluding hydrogens is 222 g/mol. The second kappa shape index (κ2) is 5.69. The fraction of sp³-hybridized carbons (Fsp3) is 0.250. The fourth-order valence-electron chi connectivity index (χ4n) is 2.13. The summed E-state index contributed by atoms with van der Waals surface area (Å²) in [5, 5.41) is 0. The number of ether oxygens (including phenoxy) is 1. The molecule has 0 saturated carbocycles. The Kier molecular flexibility index (Phi) is 4.00. The monoisotopic (exact) mass is 241 g/mol. The molecule has 0 fully saturated rings. The molecule has 2 nitrogen and oxygen atoms in total. The summed E-state index contributed by atoms with van der Waals surface area (Å²) < 4.78 is 5.36. The SMILES string of the molecule is COc1ccc(-c2cccc(C)c2)cc1CCN. The Labute approximate surface area is 108 Å². The first kappa shape index (κ1) is 12.7. The molecule has 0 aliphatic rings. The van der Waals surface area contributed by atoms with Gasteiger partial charge in [-0.05, 0) is 48.7 Å². The number of rotatable bonds is 4. The van der Waals surface area contributed by atoms with Crippen molar-refractivity contribution in [1.29, 1.82) is 0 Å². The van der Waals surface area contributed by atoms with E-state index in [0.29, 0.717) is 6.54 Å². The number of methoxy groups -OCH3 is 1. The molecule has 0 aromatic heterocycles. The van der Waals surface area contributed by atoms with Gasteiger partial charge in [0.05, 0.1) is 7.11 Å². The van der Waals surface area contributed by atoms with E-state index in [0.717, 1.165) is 12.2 Å². The Bertz CT molecular complexity index is 534. The van der Waals surface area contributed by atoms with Gasteiger partial charge in [0.25, 0.3) is 0 Å². The molecule has 0 saturated heterocycles. The van der Waals surface area contributed by atoms with Crippen LogP contribution in [0.4, 0.5) is 0 Å². The molecule has 2 aromatic carbocycles. The van der Waals surface area contributed by atoms with Gasteiger partial charge in [0.2, 0.25) is 0 Å². The number of hydrogen-bond donors (Lipinski definition) is 1. The zero-order valence-electron chi connectivity index (χ0n) is 10.9. The van der Waals surface area contributed by atoms with Crippen molar-refractivity contribution < 1.29 is 4.74 Å². The second-order valence-corrected chi connectivity index (χ2v) is 4.43. The molecule has 0 heterocycles. The highest BCUT2D eigenvalue weighted by Crippen LogP contribution is 2.27. The molecule has 2 aromatic rings. The zero-order chi connectivity index (χ0) is 13.0. The van der Waals surface area contributed by atoms with E-state index in [2.05, 4.69) is 43.3 Å². The number of benzene rings is 2. The Hall–Kier alpha value is -1.80. The highest BCUT2D eigenvalue weighted by molar-refractivity contribution is 5.66. The maximum Gasteiger partial charge on any atom is 0.122 e. The summed E-state index contributed by atoms with van der Waals surface area (Å²) in [5.74, 6) is 0.914. The van der Waals surface area contributed by atoms with Crippen LogP contribution in [0.5, 0.6) is 5.75 Å². The van der Waals surface area contributed by atoms with Crippen molar-refractivity contribution in [3.63, 3.8) is 0 Å². The van der Waals surface area contributed by atoms with E-state index in [1.54, 1.807) is 7.11 Å². The van der Waals surface area contributed by atoms with Crippen LogP contribution in [0.2, 0.25) is 0 Å². The smallest absolute Gasteiger partial charge is 0.122 e. The normalized spacial score (nSPS) is 10.4. The Morgan fingerprint density at radius 1 is 1.06 bits per heavy atom. The molecule has 2 heteroatoms. The molecule has 94 valence electrons. The summed E-state index contributed by atoms with van der Waals surface area (Å²) in [5.41, 5.74) is 10.5. The molecule has 0 amide bonds. The van der Waals surface area contributed by atoms with Gasteiger partial charge < -0.3 is 10.5 Å². The summed E-state index contributed by atoms with van der Waals surface area (Å²) >= 11 is 0. The minimum Gasteiger partial charge on any atom is -0.496 e. The van der Waals surface area contributed by atoms with Crippen LogP contribution < -0.4 is 10.5 Å². The van der Waals surface area contributed by atoms with Gasteiger partial charge in [-0.3, -0.25) is 0 Å². The third-order valence-electron chi connectivity index (χ3n) is 3.05. The van der Waals surface area contributed by atoms with E-state index in [4.69, 9.17) is 10.5 Å². The third-order valence-corrected chi connectivity index (χ3v) is 3.05. The van der Waals surface area contributed by atoms with Crippen molar-refractivity contribution >= 4 is 0 Å². The second-order valence-electron chi connectivity index (χ2n) is 4.43. The molecule has 2 rings (SSSR count). The first-order chi connectivity index (χ1) is 8.74. The van der Waals surface area contributed by atoms with Crippen molar-refractivity contribution in [3.8, 4) is 16.9 Å². The zero-order valence-corrected chi connectivity index (χ0v) is 10.9. The van der Waals surface area contributed by atoms with Gasteiger partial charge in [-0.15, -0.1) is 0 Å². The van der Waals surface area contributed by atoms with Gasteiger partial charge in [-0.1, -0.05) is 35.9 Å². The van der Waals surface area contributed by atoms with E-state index in [1.807, 2.05) is 6.07 Å². The van der Waals surface area contributed by atoms with Crippen LogP contribution in [0.1, 0.15) is 11.1 Å². The first-order valence-electron chi connectivity index (χ1n) is 6.18. The molecule has 0 aliphatic heterocycles. The average molecular weight is 241 g/mol. The number of nitrogens with two attached hydrogens (primary N) is 1. The van der Waals surface area contributed by atoms with Crippen molar-refractivity contribution in [2.24, 2.45) is 5.73 Å². The van der Waals surface area contributed by atoms with E-state index < -0.39 is 0 Å². The summed E-state index contributed by atoms with van der Waals surface area (Å²) in [4.78, 5) is 0. The van der Waals surface area contributed by atoms with E-state index in [-0.39, 0.29) is 0 Å². The van der Waals surface area contributed by atoms with Crippen LogP contribution in [0.15, 0.2) is 42.5 Å². The Morgan fingerprint density at radius 2 is 1.83 bits per heavy atom. The molecule has 0 atom stereocenters. The maximum absolute atomic E-state index is 5.64. The molecule has 2 N–H and O–H groups in total. The summed E-state index contributed by atoms with van der Waals surface area (Å²) in [7, 11) is 1.70. The number of aryl methyl sites for hydroxylation is 1. The predicted molar refractivity (Wildman–Crippen MR) is 75.9 cm³/mol. The van der Waals surface area contributed by atoms with E-state index in [1.165, 1.54) is 22.3 Å². The van der Waals surface area contributed by atoms with Gasteiger partial charge in [0, 0.05) is 0 Å². The molecule has 0 unspecified atom stereocenters. The van der Waals surface area contributed by atoms with Crippen LogP contribution in [0.3, 0.4) is 0 Å². The van der Waals surface area contributed by atoms with Crippen molar-refractivity contribution in [1.82, 2.24) is 0 Å². The minimum absolute atomic E-state index is 0.633. The van der Waals surface area contributed by atoms with Crippen LogP contribution in [0, 0.1) is 6.92 Å². The van der Waals surface area contributed by atoms with Crippen molar-refractivity contribution in [3.05, 3.63) is 53.6 Å². The fourth-order valence-corrected chi connectivity index (χ4v) is 2.13. The Balaban J connectivity index is 2.43. The molecule has 0 bridgehead atoms. The van der Waals surface area contributed by atoms with Crippen LogP contribution in [0.25, 0.3) is 11.1 Å². The third kappa shape index (κ3) is 2.71. The lowest BCUT2D eigenvalue weighted by Crippen LogP contribution is -2.04. The van der Waals surface area contributed by atoms with Crippen molar-refractivity contribution in [2.75, 3.05) is 13.7 Å². The highest BCUT2D eigenvalue weighted by atomic mass is 16.5. The summed E-state index contributed by atoms with van der Waals surface area (Å²) in [6, 6.07) is 14.8. The van der Waals surface area contributed by atoms with Crippen LogP contribution >= 0.6 is 0 Å². The lowest BCUT2D eigenvalue weighted by Gasteiger charge is -2.10. The maximum atomic E-state index is 5.64. The predicted octanol–water partition coefficient (Wildman–Crippen LogP) is 3.17. The lowest BCUT2D eigenvalue weighted by atomic mass is 9.99. The van der Waals surface area contributed by atoms with E-state index in [9.17, 15) is 0 Å². The molecule has 0 spiro atoms. The topological polar surface area (TPSA) is 35.2 Å². The molecule has 0 radical (unpaired) electrons. The number of hydrogen-bond acceptors (Lipinski definition) is 2. The quantitative estimate of drug-likeness (QED) is 0.892. The van der Waals surface area contributed by atoms with E-state index >= 15 is 0 Å². The standard InChI is InChI=1S/C16H19NO/c1-12-4-3-5-13(10-12)14-6-7-16(18-2)15(11-14)8-9-17/h3-7,10-11H,8-9,17H2,1-2H3.